The minimum absolute atomic E-state index is 0.572. The lowest BCUT2D eigenvalue weighted by Gasteiger charge is -2.25. The Bertz CT molecular complexity index is 387. The van der Waals surface area contributed by atoms with Crippen LogP contribution in [-0.2, 0) is 19.7 Å². The van der Waals surface area contributed by atoms with Crippen molar-refractivity contribution >= 4 is 8.80 Å². The smallest absolute Gasteiger partial charge is 0.371 e. The van der Waals surface area contributed by atoms with Gasteiger partial charge in [-0.1, -0.05) is 30.8 Å². The Balaban J connectivity index is 2.57. The Morgan fingerprint density at radius 3 is 2.26 bits per heavy atom. The van der Waals surface area contributed by atoms with Gasteiger partial charge in [0.15, 0.2) is 0 Å². The summed E-state index contributed by atoms with van der Waals surface area (Å²) in [5, 5.41) is 0. The van der Waals surface area contributed by atoms with Gasteiger partial charge in [0, 0.05) is 19.8 Å². The molecular weight excluding hydrogens is 256 g/mol. The Hall–Kier alpha value is -0.943. The van der Waals surface area contributed by atoms with Crippen molar-refractivity contribution < 1.29 is 13.3 Å². The van der Waals surface area contributed by atoms with Gasteiger partial charge in [-0.25, -0.2) is 0 Å². The van der Waals surface area contributed by atoms with Gasteiger partial charge in [0.25, 0.3) is 0 Å². The molecule has 4 heteroatoms. The Kier molecular flexibility index (Phi) is 7.01. The molecule has 0 unspecified atom stereocenters. The first-order valence-electron chi connectivity index (χ1n) is 6.77. The molecule has 0 aliphatic rings. The van der Waals surface area contributed by atoms with Crippen LogP contribution in [-0.4, -0.2) is 28.6 Å². The lowest BCUT2D eigenvalue weighted by Crippen LogP contribution is -2.44. The zero-order valence-corrected chi connectivity index (χ0v) is 13.1. The van der Waals surface area contributed by atoms with E-state index in [0.717, 1.165) is 6.42 Å². The maximum absolute atomic E-state index is 5.90. The lowest BCUT2D eigenvalue weighted by molar-refractivity contribution is 0.0808. The molecule has 0 saturated carbocycles. The SMILES string of the molecule is C=C[Si](OCC)(OCC)OCCc1ccccc1C. The molecule has 19 heavy (non-hydrogen) atoms. The average molecular weight is 280 g/mol. The van der Waals surface area contributed by atoms with E-state index >= 15 is 0 Å². The van der Waals surface area contributed by atoms with Gasteiger partial charge in [0.2, 0.25) is 0 Å². The molecule has 0 amide bonds. The van der Waals surface area contributed by atoms with Crippen LogP contribution < -0.4 is 0 Å². The fourth-order valence-electron chi connectivity index (χ4n) is 1.90. The Morgan fingerprint density at radius 1 is 1.11 bits per heavy atom. The van der Waals surface area contributed by atoms with Crippen molar-refractivity contribution in [1.29, 1.82) is 0 Å². The van der Waals surface area contributed by atoms with E-state index in [9.17, 15) is 0 Å². The zero-order chi connectivity index (χ0) is 14.1. The van der Waals surface area contributed by atoms with Crippen LogP contribution in [0.15, 0.2) is 36.5 Å². The molecule has 0 radical (unpaired) electrons. The first-order valence-corrected chi connectivity index (χ1v) is 8.57. The first kappa shape index (κ1) is 16.1. The minimum Gasteiger partial charge on any atom is -0.371 e. The summed E-state index contributed by atoms with van der Waals surface area (Å²) in [5.41, 5.74) is 4.28. The third kappa shape index (κ3) is 4.91. The van der Waals surface area contributed by atoms with Gasteiger partial charge in [-0.2, -0.15) is 0 Å². The van der Waals surface area contributed by atoms with Crippen LogP contribution in [0.5, 0.6) is 0 Å². The Morgan fingerprint density at radius 2 is 1.74 bits per heavy atom. The maximum atomic E-state index is 5.90. The number of hydrogen-bond acceptors (Lipinski definition) is 3. The van der Waals surface area contributed by atoms with Crippen molar-refractivity contribution in [2.45, 2.75) is 27.2 Å². The van der Waals surface area contributed by atoms with Gasteiger partial charge < -0.3 is 13.3 Å². The van der Waals surface area contributed by atoms with E-state index in [1.165, 1.54) is 11.1 Å². The van der Waals surface area contributed by atoms with E-state index in [1.54, 1.807) is 5.70 Å². The molecule has 3 nitrogen and oxygen atoms in total. The second-order valence-electron chi connectivity index (χ2n) is 4.20. The largest absolute Gasteiger partial charge is 0.529 e. The molecule has 1 aromatic carbocycles. The summed E-state index contributed by atoms with van der Waals surface area (Å²) in [6.45, 7) is 11.5. The van der Waals surface area contributed by atoms with E-state index < -0.39 is 8.80 Å². The second-order valence-corrected chi connectivity index (χ2v) is 6.68. The molecule has 0 fully saturated rings. The zero-order valence-electron chi connectivity index (χ0n) is 12.1. The molecular formula is C15H24O3Si. The van der Waals surface area contributed by atoms with Crippen molar-refractivity contribution in [3.05, 3.63) is 47.7 Å². The highest BCUT2D eigenvalue weighted by molar-refractivity contribution is 6.66. The summed E-state index contributed by atoms with van der Waals surface area (Å²) in [6.07, 6.45) is 0.857. The van der Waals surface area contributed by atoms with Gasteiger partial charge in [0.1, 0.15) is 0 Å². The highest BCUT2D eigenvalue weighted by Gasteiger charge is 2.36. The molecule has 0 saturated heterocycles. The number of aryl methyl sites for hydroxylation is 1. The van der Waals surface area contributed by atoms with Crippen molar-refractivity contribution in [1.82, 2.24) is 0 Å². The van der Waals surface area contributed by atoms with Crippen LogP contribution >= 0.6 is 0 Å². The molecule has 0 atom stereocenters. The summed E-state index contributed by atoms with van der Waals surface area (Å²) in [4.78, 5) is 0. The third-order valence-corrected chi connectivity index (χ3v) is 5.37. The van der Waals surface area contributed by atoms with E-state index in [0.29, 0.717) is 19.8 Å². The maximum Gasteiger partial charge on any atom is 0.529 e. The van der Waals surface area contributed by atoms with Crippen LogP contribution in [0, 0.1) is 6.92 Å². The van der Waals surface area contributed by atoms with Gasteiger partial charge in [-0.3, -0.25) is 0 Å². The van der Waals surface area contributed by atoms with Crippen LogP contribution in [0.1, 0.15) is 25.0 Å². The van der Waals surface area contributed by atoms with Crippen LogP contribution in [0.2, 0.25) is 0 Å². The van der Waals surface area contributed by atoms with Crippen LogP contribution in [0.25, 0.3) is 0 Å². The van der Waals surface area contributed by atoms with E-state index in [-0.39, 0.29) is 0 Å². The molecule has 0 bridgehead atoms. The molecule has 1 rings (SSSR count). The summed E-state index contributed by atoms with van der Waals surface area (Å²) in [6, 6.07) is 8.32. The van der Waals surface area contributed by atoms with Gasteiger partial charge in [-0.15, -0.1) is 0 Å². The number of benzene rings is 1. The third-order valence-electron chi connectivity index (χ3n) is 2.88. The summed E-state index contributed by atoms with van der Waals surface area (Å²) in [5.74, 6) is 0. The summed E-state index contributed by atoms with van der Waals surface area (Å²) in [7, 11) is -2.68. The quantitative estimate of drug-likeness (QED) is 0.650. The average Bonchev–Trinajstić information content (AvgIpc) is 2.41. The van der Waals surface area contributed by atoms with Crippen LogP contribution in [0.3, 0.4) is 0 Å². The second kappa shape index (κ2) is 8.27. The number of rotatable bonds is 9. The standard InChI is InChI=1S/C15H24O3Si/c1-5-16-19(7-3,17-6-2)18-13-12-15-11-9-8-10-14(15)4/h7-11H,3,5-6,12-13H2,1-2,4H3. The molecule has 0 heterocycles. The van der Waals surface area contributed by atoms with Crippen molar-refractivity contribution in [3.8, 4) is 0 Å². The van der Waals surface area contributed by atoms with Crippen molar-refractivity contribution in [2.24, 2.45) is 0 Å². The van der Waals surface area contributed by atoms with E-state index in [1.807, 2.05) is 26.0 Å². The fourth-order valence-corrected chi connectivity index (χ4v) is 3.69. The van der Waals surface area contributed by atoms with E-state index in [2.05, 4.69) is 25.6 Å². The highest BCUT2D eigenvalue weighted by atomic mass is 28.4. The fraction of sp³-hybridized carbons (Fsp3) is 0.467. The summed E-state index contributed by atoms with van der Waals surface area (Å²) >= 11 is 0. The van der Waals surface area contributed by atoms with Gasteiger partial charge >= 0.3 is 8.80 Å². The van der Waals surface area contributed by atoms with Crippen molar-refractivity contribution in [2.75, 3.05) is 19.8 Å². The molecule has 106 valence electrons. The molecule has 0 aromatic heterocycles. The molecule has 1 aromatic rings. The predicted molar refractivity (Wildman–Crippen MR) is 80.0 cm³/mol. The van der Waals surface area contributed by atoms with Gasteiger partial charge in [-0.05, 0) is 44.0 Å². The van der Waals surface area contributed by atoms with E-state index in [4.69, 9.17) is 13.3 Å². The molecule has 0 aliphatic heterocycles. The van der Waals surface area contributed by atoms with Crippen LogP contribution in [0.4, 0.5) is 0 Å². The monoisotopic (exact) mass is 280 g/mol. The van der Waals surface area contributed by atoms with Gasteiger partial charge in [0.05, 0.1) is 0 Å². The highest BCUT2D eigenvalue weighted by Crippen LogP contribution is 2.13. The topological polar surface area (TPSA) is 27.7 Å². The lowest BCUT2D eigenvalue weighted by atomic mass is 10.1. The minimum atomic E-state index is -2.68. The first-order chi connectivity index (χ1) is 9.17. The Labute approximate surface area is 117 Å². The molecule has 0 spiro atoms. The normalized spacial score (nSPS) is 11.5. The summed E-state index contributed by atoms with van der Waals surface area (Å²) < 4.78 is 17.2. The predicted octanol–water partition coefficient (Wildman–Crippen LogP) is 3.29. The number of hydrogen-bond donors (Lipinski definition) is 0. The molecule has 0 N–H and O–H groups in total. The molecule has 0 aliphatic carbocycles. The van der Waals surface area contributed by atoms with Crippen molar-refractivity contribution in [3.63, 3.8) is 0 Å².